The lowest BCUT2D eigenvalue weighted by Crippen LogP contribution is -2.42. The maximum absolute atomic E-state index is 12.1. The van der Waals surface area contributed by atoms with E-state index in [0.29, 0.717) is 24.7 Å². The van der Waals surface area contributed by atoms with E-state index in [-0.39, 0.29) is 17.7 Å². The number of carbonyl (C=O) groups is 2. The minimum Gasteiger partial charge on any atom is -0.352 e. The van der Waals surface area contributed by atoms with Gasteiger partial charge in [0.05, 0.1) is 0 Å². The number of likely N-dealkylation sites (tertiary alicyclic amines) is 1. The van der Waals surface area contributed by atoms with Gasteiger partial charge < -0.3 is 10.2 Å². The average Bonchev–Trinajstić information content (AvgIpc) is 2.45. The molecule has 0 saturated carbocycles. The molecule has 1 aromatic carbocycles. The van der Waals surface area contributed by atoms with Gasteiger partial charge in [-0.25, -0.2) is 0 Å². The fourth-order valence-electron chi connectivity index (χ4n) is 2.44. The van der Waals surface area contributed by atoms with Crippen LogP contribution in [-0.2, 0) is 16.1 Å². The second kappa shape index (κ2) is 6.75. The highest BCUT2D eigenvalue weighted by atomic mass is 35.5. The third kappa shape index (κ3) is 3.97. The molecule has 108 valence electrons. The molecule has 1 heterocycles. The molecule has 0 spiro atoms. The Labute approximate surface area is 124 Å². The van der Waals surface area contributed by atoms with Crippen molar-refractivity contribution in [3.63, 3.8) is 0 Å². The van der Waals surface area contributed by atoms with Crippen LogP contribution in [0.25, 0.3) is 0 Å². The Bertz CT molecular complexity index is 496. The first-order chi connectivity index (χ1) is 9.56. The molecule has 0 aromatic heterocycles. The first kappa shape index (κ1) is 14.9. The lowest BCUT2D eigenvalue weighted by Gasteiger charge is -2.30. The molecule has 20 heavy (non-hydrogen) atoms. The Kier molecular flexibility index (Phi) is 5.01. The van der Waals surface area contributed by atoms with Gasteiger partial charge >= 0.3 is 0 Å². The number of benzene rings is 1. The van der Waals surface area contributed by atoms with Crippen molar-refractivity contribution in [3.05, 3.63) is 34.9 Å². The first-order valence-corrected chi connectivity index (χ1v) is 7.21. The van der Waals surface area contributed by atoms with Crippen molar-refractivity contribution in [2.75, 3.05) is 13.1 Å². The molecule has 0 bridgehead atoms. The van der Waals surface area contributed by atoms with Gasteiger partial charge in [0, 0.05) is 37.5 Å². The van der Waals surface area contributed by atoms with E-state index in [4.69, 9.17) is 11.6 Å². The fraction of sp³-hybridized carbons (Fsp3) is 0.467. The molecule has 1 saturated heterocycles. The summed E-state index contributed by atoms with van der Waals surface area (Å²) in [5.74, 6) is 0.153. The van der Waals surface area contributed by atoms with E-state index < -0.39 is 0 Å². The van der Waals surface area contributed by atoms with Crippen LogP contribution < -0.4 is 5.32 Å². The maximum Gasteiger partial charge on any atom is 0.223 e. The van der Waals surface area contributed by atoms with Crippen molar-refractivity contribution in [2.45, 2.75) is 26.3 Å². The van der Waals surface area contributed by atoms with Gasteiger partial charge in [0.2, 0.25) is 11.8 Å². The average molecular weight is 295 g/mol. The van der Waals surface area contributed by atoms with Crippen LogP contribution >= 0.6 is 11.6 Å². The largest absolute Gasteiger partial charge is 0.352 e. The van der Waals surface area contributed by atoms with Crippen LogP contribution in [0.4, 0.5) is 0 Å². The normalized spacial score (nSPS) is 16.0. The molecule has 2 amide bonds. The Balaban J connectivity index is 1.80. The van der Waals surface area contributed by atoms with Crippen molar-refractivity contribution < 1.29 is 9.59 Å². The number of nitrogens with one attached hydrogen (secondary N) is 1. The molecular formula is C15H19ClN2O2. The third-order valence-electron chi connectivity index (χ3n) is 3.67. The number of amides is 2. The second-order valence-corrected chi connectivity index (χ2v) is 5.56. The van der Waals surface area contributed by atoms with E-state index in [1.165, 1.54) is 0 Å². The van der Waals surface area contributed by atoms with E-state index in [0.717, 1.165) is 18.4 Å². The van der Waals surface area contributed by atoms with E-state index in [1.54, 1.807) is 11.8 Å². The predicted molar refractivity (Wildman–Crippen MR) is 78.3 cm³/mol. The maximum atomic E-state index is 12.1. The Hall–Kier alpha value is -1.55. The number of halogens is 1. The summed E-state index contributed by atoms with van der Waals surface area (Å²) >= 11 is 5.90. The highest BCUT2D eigenvalue weighted by Crippen LogP contribution is 2.18. The molecule has 1 N–H and O–H groups in total. The molecule has 1 fully saturated rings. The number of nitrogens with zero attached hydrogens (tertiary/aromatic N) is 1. The fourth-order valence-corrected chi connectivity index (χ4v) is 2.65. The van der Waals surface area contributed by atoms with Crippen LogP contribution in [0.15, 0.2) is 24.3 Å². The number of rotatable bonds is 3. The number of carbonyl (C=O) groups excluding carboxylic acids is 2. The van der Waals surface area contributed by atoms with Gasteiger partial charge in [-0.3, -0.25) is 9.59 Å². The summed E-state index contributed by atoms with van der Waals surface area (Å²) in [6.07, 6.45) is 1.47. The van der Waals surface area contributed by atoms with Crippen LogP contribution in [0.1, 0.15) is 25.3 Å². The zero-order valence-electron chi connectivity index (χ0n) is 11.6. The number of hydrogen-bond acceptors (Lipinski definition) is 2. The summed E-state index contributed by atoms with van der Waals surface area (Å²) in [5, 5.41) is 3.61. The Morgan fingerprint density at radius 3 is 2.65 bits per heavy atom. The summed E-state index contributed by atoms with van der Waals surface area (Å²) in [6, 6.07) is 7.46. The standard InChI is InChI=1S/C15H19ClN2O2/c1-11(19)18-7-5-13(6-8-18)15(20)17-10-12-3-2-4-14(16)9-12/h2-4,9,13H,5-8,10H2,1H3,(H,17,20). The summed E-state index contributed by atoms with van der Waals surface area (Å²) < 4.78 is 0. The minimum atomic E-state index is 0.00443. The molecule has 0 atom stereocenters. The molecular weight excluding hydrogens is 276 g/mol. The third-order valence-corrected chi connectivity index (χ3v) is 3.90. The molecule has 0 unspecified atom stereocenters. The minimum absolute atomic E-state index is 0.00443. The molecule has 5 heteroatoms. The van der Waals surface area contributed by atoms with Crippen molar-refractivity contribution in [2.24, 2.45) is 5.92 Å². The van der Waals surface area contributed by atoms with Crippen LogP contribution in [0.5, 0.6) is 0 Å². The first-order valence-electron chi connectivity index (χ1n) is 6.84. The smallest absolute Gasteiger partial charge is 0.223 e. The van der Waals surface area contributed by atoms with Crippen LogP contribution in [0, 0.1) is 5.92 Å². The summed E-state index contributed by atoms with van der Waals surface area (Å²) in [5.41, 5.74) is 0.993. The zero-order valence-corrected chi connectivity index (χ0v) is 12.3. The van der Waals surface area contributed by atoms with E-state index in [2.05, 4.69) is 5.32 Å². The van der Waals surface area contributed by atoms with E-state index in [1.807, 2.05) is 24.3 Å². The molecule has 0 aliphatic carbocycles. The second-order valence-electron chi connectivity index (χ2n) is 5.13. The Morgan fingerprint density at radius 1 is 1.35 bits per heavy atom. The van der Waals surface area contributed by atoms with Crippen LogP contribution in [0.2, 0.25) is 5.02 Å². The highest BCUT2D eigenvalue weighted by Gasteiger charge is 2.25. The number of hydrogen-bond donors (Lipinski definition) is 1. The van der Waals surface area contributed by atoms with Gasteiger partial charge in [0.15, 0.2) is 0 Å². The van der Waals surface area contributed by atoms with E-state index >= 15 is 0 Å². The van der Waals surface area contributed by atoms with Gasteiger partial charge in [-0.15, -0.1) is 0 Å². The molecule has 1 aliphatic heterocycles. The van der Waals surface area contributed by atoms with Crippen molar-refractivity contribution >= 4 is 23.4 Å². The monoisotopic (exact) mass is 294 g/mol. The van der Waals surface area contributed by atoms with Gasteiger partial charge in [-0.2, -0.15) is 0 Å². The SMILES string of the molecule is CC(=O)N1CCC(C(=O)NCc2cccc(Cl)c2)CC1. The predicted octanol–water partition coefficient (Wildman–Crippen LogP) is 2.21. The Morgan fingerprint density at radius 2 is 2.05 bits per heavy atom. The summed E-state index contributed by atoms with van der Waals surface area (Å²) in [7, 11) is 0. The molecule has 2 rings (SSSR count). The lowest BCUT2D eigenvalue weighted by molar-refractivity contribution is -0.134. The lowest BCUT2D eigenvalue weighted by atomic mass is 9.96. The highest BCUT2D eigenvalue weighted by molar-refractivity contribution is 6.30. The molecule has 4 nitrogen and oxygen atoms in total. The van der Waals surface area contributed by atoms with Gasteiger partial charge in [-0.05, 0) is 30.5 Å². The van der Waals surface area contributed by atoms with Crippen molar-refractivity contribution in [3.8, 4) is 0 Å². The summed E-state index contributed by atoms with van der Waals surface area (Å²) in [4.78, 5) is 25.1. The zero-order chi connectivity index (χ0) is 14.5. The van der Waals surface area contributed by atoms with Crippen LogP contribution in [0.3, 0.4) is 0 Å². The summed E-state index contributed by atoms with van der Waals surface area (Å²) in [6.45, 7) is 3.40. The number of piperidine rings is 1. The van der Waals surface area contributed by atoms with Gasteiger partial charge in [0.1, 0.15) is 0 Å². The van der Waals surface area contributed by atoms with Crippen molar-refractivity contribution in [1.82, 2.24) is 10.2 Å². The quantitative estimate of drug-likeness (QED) is 0.929. The van der Waals surface area contributed by atoms with Crippen molar-refractivity contribution in [1.29, 1.82) is 0 Å². The van der Waals surface area contributed by atoms with Crippen LogP contribution in [-0.4, -0.2) is 29.8 Å². The van der Waals surface area contributed by atoms with Gasteiger partial charge in [-0.1, -0.05) is 23.7 Å². The van der Waals surface area contributed by atoms with Gasteiger partial charge in [0.25, 0.3) is 0 Å². The van der Waals surface area contributed by atoms with E-state index in [9.17, 15) is 9.59 Å². The molecule has 1 aromatic rings. The molecule has 0 radical (unpaired) electrons. The molecule has 1 aliphatic rings. The topological polar surface area (TPSA) is 49.4 Å².